The van der Waals surface area contributed by atoms with E-state index in [0.717, 1.165) is 42.6 Å². The molecule has 3 N–H and O–H groups in total. The smallest absolute Gasteiger partial charge is 0.365 e. The highest BCUT2D eigenvalue weighted by Gasteiger charge is 2.56. The van der Waals surface area contributed by atoms with Gasteiger partial charge < -0.3 is 15.5 Å². The van der Waals surface area contributed by atoms with Gasteiger partial charge in [0, 0.05) is 41.7 Å². The Morgan fingerprint density at radius 3 is 2.58 bits per heavy atom. The lowest BCUT2D eigenvalue weighted by molar-refractivity contribution is -1.16. The number of hydroxylamine groups is 3. The fourth-order valence-electron chi connectivity index (χ4n) is 5.13. The molecule has 0 spiro atoms. The van der Waals surface area contributed by atoms with Crippen LogP contribution in [0.3, 0.4) is 0 Å². The van der Waals surface area contributed by atoms with Crippen molar-refractivity contribution < 1.29 is 18.6 Å². The van der Waals surface area contributed by atoms with E-state index in [1.165, 1.54) is 0 Å². The van der Waals surface area contributed by atoms with Crippen LogP contribution in [0.1, 0.15) is 29.7 Å². The quantitative estimate of drug-likeness (QED) is 0.363. The molecular weight excluding hydrogens is 511 g/mol. The minimum atomic E-state index is -3.22. The summed E-state index contributed by atoms with van der Waals surface area (Å²) in [7, 11) is 0. The molecule has 0 bridgehead atoms. The fourth-order valence-corrected chi connectivity index (χ4v) is 5.60. The van der Waals surface area contributed by atoms with Crippen LogP contribution in [0.15, 0.2) is 18.2 Å². The molecule has 0 atom stereocenters. The molecule has 5 rings (SSSR count). The van der Waals surface area contributed by atoms with Crippen LogP contribution in [-0.2, 0) is 19.5 Å². The van der Waals surface area contributed by atoms with Crippen molar-refractivity contribution >= 4 is 35.0 Å². The number of hydrogen-bond acceptors (Lipinski definition) is 7. The van der Waals surface area contributed by atoms with Crippen LogP contribution < -0.4 is 15.5 Å². The van der Waals surface area contributed by atoms with Crippen molar-refractivity contribution in [2.75, 3.05) is 62.6 Å². The van der Waals surface area contributed by atoms with Gasteiger partial charge in [-0.1, -0.05) is 29.3 Å². The predicted molar refractivity (Wildman–Crippen MR) is 136 cm³/mol. The number of anilines is 2. The fraction of sp³-hybridized carbons (Fsp3) is 0.583. The normalized spacial score (nSPS) is 20.4. The number of fused-ring (bicyclic) bond motifs is 1. The first kappa shape index (κ1) is 25.8. The summed E-state index contributed by atoms with van der Waals surface area (Å²) in [6.07, 6.45) is 2.62. The zero-order valence-corrected chi connectivity index (χ0v) is 21.6. The Labute approximate surface area is 219 Å². The van der Waals surface area contributed by atoms with Crippen LogP contribution in [0.2, 0.25) is 10.0 Å². The number of rotatable bonds is 7. The molecule has 3 aliphatic rings. The van der Waals surface area contributed by atoms with Gasteiger partial charge in [-0.25, -0.2) is 10.2 Å². The van der Waals surface area contributed by atoms with E-state index in [9.17, 15) is 5.21 Å². The van der Waals surface area contributed by atoms with E-state index in [0.29, 0.717) is 48.0 Å². The number of halogens is 4. The van der Waals surface area contributed by atoms with Gasteiger partial charge in [-0.05, 0) is 43.6 Å². The first-order valence-electron chi connectivity index (χ1n) is 12.5. The number of nitrogens with zero attached hydrogens (tertiary/aromatic N) is 5. The molecular formula is C24H32Cl2F2N7O+. The Morgan fingerprint density at radius 1 is 1.11 bits per heavy atom. The molecule has 0 amide bonds. The van der Waals surface area contributed by atoms with Crippen molar-refractivity contribution in [3.8, 4) is 0 Å². The van der Waals surface area contributed by atoms with Gasteiger partial charge in [0.05, 0.1) is 18.8 Å². The van der Waals surface area contributed by atoms with Gasteiger partial charge in [-0.15, -0.1) is 13.4 Å². The molecule has 8 nitrogen and oxygen atoms in total. The highest BCUT2D eigenvalue weighted by molar-refractivity contribution is 6.35. The lowest BCUT2D eigenvalue weighted by atomic mass is 10.1. The third-order valence-electron chi connectivity index (χ3n) is 7.37. The van der Waals surface area contributed by atoms with Crippen molar-refractivity contribution in [1.82, 2.24) is 20.2 Å². The number of aromatic nitrogens is 2. The summed E-state index contributed by atoms with van der Waals surface area (Å²) >= 11 is 12.4. The van der Waals surface area contributed by atoms with E-state index in [-0.39, 0.29) is 26.2 Å². The van der Waals surface area contributed by atoms with Crippen LogP contribution in [0.25, 0.3) is 0 Å². The zero-order valence-electron chi connectivity index (χ0n) is 20.1. The van der Waals surface area contributed by atoms with Gasteiger partial charge in [0.15, 0.2) is 0 Å². The number of benzene rings is 1. The number of nitrogens with one attached hydrogen (secondary N) is 2. The van der Waals surface area contributed by atoms with Gasteiger partial charge in [-0.3, -0.25) is 4.90 Å². The van der Waals surface area contributed by atoms with Crippen LogP contribution in [0, 0.1) is 0 Å². The van der Waals surface area contributed by atoms with Gasteiger partial charge in [-0.2, -0.15) is 4.98 Å². The summed E-state index contributed by atoms with van der Waals surface area (Å²) in [6.45, 7) is 3.13. The molecule has 2 aromatic rings. The van der Waals surface area contributed by atoms with Gasteiger partial charge in [0.1, 0.15) is 25.5 Å². The molecule has 4 heterocycles. The minimum absolute atomic E-state index is 0.0913. The molecule has 2 fully saturated rings. The monoisotopic (exact) mass is 542 g/mol. The van der Waals surface area contributed by atoms with Crippen molar-refractivity contribution in [2.24, 2.45) is 0 Å². The second kappa shape index (κ2) is 10.5. The van der Waals surface area contributed by atoms with Crippen LogP contribution >= 0.6 is 23.2 Å². The number of hydrogen-bond donors (Lipinski definition) is 3. The van der Waals surface area contributed by atoms with E-state index in [2.05, 4.69) is 10.6 Å². The molecule has 3 aliphatic heterocycles. The SMILES string of the molecule is O[N+]1(C(F)(F)CN2CCCC2)CCN(c2nc3c(c(NCc4ccc(Cl)cc4Cl)n2)CNCC3)CC1. The number of piperazine rings is 1. The van der Waals surface area contributed by atoms with Crippen LogP contribution in [0.4, 0.5) is 20.5 Å². The summed E-state index contributed by atoms with van der Waals surface area (Å²) in [4.78, 5) is 13.2. The molecule has 0 unspecified atom stereocenters. The average Bonchev–Trinajstić information content (AvgIpc) is 3.36. The molecule has 2 saturated heterocycles. The largest absolute Gasteiger partial charge is 0.432 e. The Bertz CT molecular complexity index is 1090. The molecule has 1 aromatic heterocycles. The lowest BCUT2D eigenvalue weighted by Gasteiger charge is -2.43. The lowest BCUT2D eigenvalue weighted by Crippen LogP contribution is -2.68. The van der Waals surface area contributed by atoms with E-state index >= 15 is 8.78 Å². The number of quaternary nitrogens is 1. The molecule has 0 radical (unpaired) electrons. The predicted octanol–water partition coefficient (Wildman–Crippen LogP) is 3.76. The van der Waals surface area contributed by atoms with Gasteiger partial charge >= 0.3 is 6.05 Å². The van der Waals surface area contributed by atoms with Crippen LogP contribution in [0.5, 0.6) is 0 Å². The standard InChI is InChI=1S/C24H32Cl2F2N7O/c25-18-4-3-17(20(26)13-18)14-30-22-19-15-29-6-5-21(19)31-23(32-22)34-9-11-35(36,12-10-34)24(27,28)16-33-7-1-2-8-33/h3-4,13,29,36H,1-2,5-12,14-16H2,(H,30,31,32)/q+1. The molecule has 0 aliphatic carbocycles. The van der Waals surface area contributed by atoms with Crippen molar-refractivity contribution in [3.05, 3.63) is 45.1 Å². The molecule has 0 saturated carbocycles. The Balaban J connectivity index is 1.31. The van der Waals surface area contributed by atoms with Crippen molar-refractivity contribution in [2.45, 2.75) is 38.4 Å². The van der Waals surface area contributed by atoms with Crippen molar-refractivity contribution in [1.29, 1.82) is 0 Å². The average molecular weight is 543 g/mol. The maximum absolute atomic E-state index is 15.1. The Hall–Kier alpha value is -1.82. The number of likely N-dealkylation sites (tertiary alicyclic amines) is 1. The summed E-state index contributed by atoms with van der Waals surface area (Å²) in [6, 6.07) is 2.15. The maximum Gasteiger partial charge on any atom is 0.432 e. The third kappa shape index (κ3) is 5.39. The summed E-state index contributed by atoms with van der Waals surface area (Å²) in [5, 5.41) is 18.8. The van der Waals surface area contributed by atoms with E-state index in [4.69, 9.17) is 33.2 Å². The second-order valence-electron chi connectivity index (χ2n) is 9.82. The first-order valence-corrected chi connectivity index (χ1v) is 13.2. The van der Waals surface area contributed by atoms with E-state index < -0.39 is 17.2 Å². The summed E-state index contributed by atoms with van der Waals surface area (Å²) in [5.41, 5.74) is 2.83. The molecule has 12 heteroatoms. The maximum atomic E-state index is 15.1. The topological polar surface area (TPSA) is 76.6 Å². The highest BCUT2D eigenvalue weighted by Crippen LogP contribution is 2.32. The zero-order chi connectivity index (χ0) is 25.3. The Kier molecular flexibility index (Phi) is 7.54. The molecule has 36 heavy (non-hydrogen) atoms. The van der Waals surface area contributed by atoms with Crippen LogP contribution in [-0.4, -0.2) is 83.1 Å². The minimum Gasteiger partial charge on any atom is -0.365 e. The Morgan fingerprint density at radius 2 is 1.86 bits per heavy atom. The van der Waals surface area contributed by atoms with Gasteiger partial charge in [0.2, 0.25) is 5.95 Å². The highest BCUT2D eigenvalue weighted by atomic mass is 35.5. The van der Waals surface area contributed by atoms with E-state index in [1.807, 2.05) is 11.0 Å². The summed E-state index contributed by atoms with van der Waals surface area (Å²) in [5.74, 6) is 1.19. The van der Waals surface area contributed by atoms with Crippen molar-refractivity contribution in [3.63, 3.8) is 0 Å². The molecule has 1 aromatic carbocycles. The third-order valence-corrected chi connectivity index (χ3v) is 7.95. The molecule has 196 valence electrons. The van der Waals surface area contributed by atoms with E-state index in [1.54, 1.807) is 17.0 Å². The number of alkyl halides is 2. The van der Waals surface area contributed by atoms with Gasteiger partial charge in [0.25, 0.3) is 0 Å². The summed E-state index contributed by atoms with van der Waals surface area (Å²) < 4.78 is 28.9. The first-order chi connectivity index (χ1) is 17.2. The second-order valence-corrected chi connectivity index (χ2v) is 10.7.